The number of nitrogens with zero attached hydrogens (tertiary/aromatic N) is 1. The van der Waals surface area contributed by atoms with Crippen LogP contribution in [0.4, 0.5) is 18.9 Å². The number of ether oxygens (including phenoxy) is 2. The zero-order valence-electron chi connectivity index (χ0n) is 19.3. The highest BCUT2D eigenvalue weighted by molar-refractivity contribution is 6.23. The molecule has 1 aliphatic rings. The number of hydrogen-bond acceptors (Lipinski definition) is 6. The first-order chi connectivity index (χ1) is 16.4. The van der Waals surface area contributed by atoms with Gasteiger partial charge in [0.1, 0.15) is 5.75 Å². The molecule has 0 heterocycles. The molecule has 1 N–H and O–H groups in total. The number of hydrogen-bond donors (Lipinski definition) is 1. The third-order valence-corrected chi connectivity index (χ3v) is 5.65. The van der Waals surface area contributed by atoms with Crippen molar-refractivity contribution in [3.05, 3.63) is 81.8 Å². The molecule has 0 radical (unpaired) electrons. The number of aromatic hydroxyl groups is 1. The van der Waals surface area contributed by atoms with E-state index in [0.717, 1.165) is 29.2 Å². The minimum atomic E-state index is -4.51. The average molecular weight is 489 g/mol. The highest BCUT2D eigenvalue weighted by Crippen LogP contribution is 2.32. The lowest BCUT2D eigenvalue weighted by Gasteiger charge is -2.21. The summed E-state index contributed by atoms with van der Waals surface area (Å²) in [5.41, 5.74) is -0.0512. The summed E-state index contributed by atoms with van der Waals surface area (Å²) in [6, 6.07) is 8.11. The Bertz CT molecular complexity index is 1260. The molecule has 7 nitrogen and oxygen atoms in total. The number of carbonyl (C=O) groups is 3. The second kappa shape index (κ2) is 9.65. The molecule has 0 fully saturated rings. The van der Waals surface area contributed by atoms with Crippen LogP contribution in [0.2, 0.25) is 0 Å². The first kappa shape index (κ1) is 25.5. The van der Waals surface area contributed by atoms with Gasteiger partial charge in [-0.2, -0.15) is 13.2 Å². The summed E-state index contributed by atoms with van der Waals surface area (Å²) in [4.78, 5) is 39.6. The molecule has 0 bridgehead atoms. The summed E-state index contributed by atoms with van der Waals surface area (Å²) in [5.74, 6) is -2.50. The molecule has 0 spiro atoms. The average Bonchev–Trinajstić information content (AvgIpc) is 2.83. The van der Waals surface area contributed by atoms with Crippen LogP contribution < -0.4 is 4.90 Å². The summed E-state index contributed by atoms with van der Waals surface area (Å²) in [7, 11) is 3.85. The largest absolute Gasteiger partial charge is 0.507 e. The van der Waals surface area contributed by atoms with E-state index in [9.17, 15) is 32.7 Å². The molecule has 1 amide bonds. The fourth-order valence-corrected chi connectivity index (χ4v) is 3.65. The molecule has 0 saturated carbocycles. The Morgan fingerprint density at radius 2 is 1.54 bits per heavy atom. The summed E-state index contributed by atoms with van der Waals surface area (Å²) >= 11 is 0. The number of carbonyl (C=O) groups excluding carboxylic acids is 3. The standard InChI is InChI=1S/C25H22F3NO6/c1-13-17(21(32)23(35-4)22(34-3)20(13)31)11-14-5-10-19(30)18(12-14)24(33)29(2)16-8-6-15(7-9-16)25(26,27)28/h5-10,12,30H,11H2,1-4H3. The van der Waals surface area contributed by atoms with Gasteiger partial charge in [0.25, 0.3) is 5.91 Å². The van der Waals surface area contributed by atoms with Crippen molar-refractivity contribution < 1.29 is 42.1 Å². The molecule has 2 aromatic rings. The second-order valence-electron chi connectivity index (χ2n) is 7.77. The number of ketones is 2. The maximum atomic E-state index is 13.0. The third kappa shape index (κ3) is 4.91. The third-order valence-electron chi connectivity index (χ3n) is 5.65. The van der Waals surface area contributed by atoms with Crippen molar-refractivity contribution in [2.75, 3.05) is 26.2 Å². The minimum Gasteiger partial charge on any atom is -0.507 e. The van der Waals surface area contributed by atoms with Crippen molar-refractivity contribution in [2.24, 2.45) is 0 Å². The van der Waals surface area contributed by atoms with E-state index in [0.29, 0.717) is 5.56 Å². The molecule has 0 saturated heterocycles. The normalized spacial score (nSPS) is 14.4. The molecule has 1 aliphatic carbocycles. The zero-order chi connectivity index (χ0) is 26.1. The lowest BCUT2D eigenvalue weighted by Crippen LogP contribution is -2.27. The fourth-order valence-electron chi connectivity index (χ4n) is 3.65. The van der Waals surface area contributed by atoms with E-state index >= 15 is 0 Å². The monoisotopic (exact) mass is 489 g/mol. The summed E-state index contributed by atoms with van der Waals surface area (Å²) < 4.78 is 48.5. The zero-order valence-corrected chi connectivity index (χ0v) is 19.3. The Balaban J connectivity index is 1.90. The van der Waals surface area contributed by atoms with Crippen LogP contribution in [-0.2, 0) is 31.7 Å². The molecule has 35 heavy (non-hydrogen) atoms. The van der Waals surface area contributed by atoms with Crippen molar-refractivity contribution in [3.8, 4) is 5.75 Å². The van der Waals surface area contributed by atoms with Crippen LogP contribution in [0, 0.1) is 0 Å². The Labute approximate surface area is 199 Å². The molecule has 10 heteroatoms. The Morgan fingerprint density at radius 3 is 2.09 bits per heavy atom. The van der Waals surface area contributed by atoms with Crippen LogP contribution >= 0.6 is 0 Å². The highest BCUT2D eigenvalue weighted by atomic mass is 19.4. The van der Waals surface area contributed by atoms with Gasteiger partial charge in [-0.15, -0.1) is 0 Å². The molecular weight excluding hydrogens is 467 g/mol. The number of alkyl halides is 3. The van der Waals surface area contributed by atoms with Gasteiger partial charge in [-0.1, -0.05) is 6.07 Å². The summed E-state index contributed by atoms with van der Waals surface area (Å²) in [5, 5.41) is 10.3. The summed E-state index contributed by atoms with van der Waals surface area (Å²) in [6.45, 7) is 1.48. The molecule has 0 unspecified atom stereocenters. The predicted molar refractivity (Wildman–Crippen MR) is 120 cm³/mol. The SMILES string of the molecule is COC1=C(OC)C(=O)C(Cc2ccc(O)c(C(=O)N(C)c3ccc(C(F)(F)F)cc3)c2)=C(C)C1=O. The predicted octanol–water partition coefficient (Wildman–Crippen LogP) is 4.20. The molecule has 2 aromatic carbocycles. The number of halogens is 3. The van der Waals surface area contributed by atoms with Gasteiger partial charge in [0, 0.05) is 30.3 Å². The van der Waals surface area contributed by atoms with E-state index in [2.05, 4.69) is 0 Å². The van der Waals surface area contributed by atoms with Crippen LogP contribution in [-0.4, -0.2) is 43.8 Å². The van der Waals surface area contributed by atoms with Crippen LogP contribution in [0.25, 0.3) is 0 Å². The number of methoxy groups -OCH3 is 2. The van der Waals surface area contributed by atoms with Crippen molar-refractivity contribution in [3.63, 3.8) is 0 Å². The van der Waals surface area contributed by atoms with Gasteiger partial charge in [0.05, 0.1) is 25.3 Å². The first-order valence-electron chi connectivity index (χ1n) is 10.3. The maximum Gasteiger partial charge on any atom is 0.416 e. The van der Waals surface area contributed by atoms with Gasteiger partial charge in [-0.05, 0) is 48.9 Å². The van der Waals surface area contributed by atoms with E-state index in [1.165, 1.54) is 46.4 Å². The molecular formula is C25H22F3NO6. The fraction of sp³-hybridized carbons (Fsp3) is 0.240. The van der Waals surface area contributed by atoms with E-state index in [-0.39, 0.29) is 46.1 Å². The Hall–Kier alpha value is -4.08. The number of rotatable bonds is 6. The minimum absolute atomic E-state index is 0.0369. The van der Waals surface area contributed by atoms with E-state index in [1.807, 2.05) is 0 Å². The molecule has 0 aromatic heterocycles. The number of amides is 1. The number of anilines is 1. The topological polar surface area (TPSA) is 93.1 Å². The van der Waals surface area contributed by atoms with Gasteiger partial charge >= 0.3 is 6.18 Å². The maximum absolute atomic E-state index is 13.0. The quantitative estimate of drug-likeness (QED) is 0.612. The van der Waals surface area contributed by atoms with E-state index < -0.39 is 29.2 Å². The van der Waals surface area contributed by atoms with Gasteiger partial charge in [-0.25, -0.2) is 0 Å². The van der Waals surface area contributed by atoms with Gasteiger partial charge in [0.2, 0.25) is 23.1 Å². The number of Topliss-reactive ketones (excluding diaryl/α,β-unsaturated/α-hetero) is 2. The Kier molecular flexibility index (Phi) is 7.04. The highest BCUT2D eigenvalue weighted by Gasteiger charge is 2.35. The number of phenolic OH excluding ortho intramolecular Hbond substituents is 1. The Morgan fingerprint density at radius 1 is 0.971 bits per heavy atom. The molecule has 3 rings (SSSR count). The van der Waals surface area contributed by atoms with Crippen molar-refractivity contribution in [1.82, 2.24) is 0 Å². The molecule has 0 aliphatic heterocycles. The van der Waals surface area contributed by atoms with E-state index in [4.69, 9.17) is 9.47 Å². The van der Waals surface area contributed by atoms with Gasteiger partial charge in [0.15, 0.2) is 0 Å². The second-order valence-corrected chi connectivity index (χ2v) is 7.77. The lowest BCUT2D eigenvalue weighted by molar-refractivity contribution is -0.137. The number of benzene rings is 2. The number of phenols is 1. The lowest BCUT2D eigenvalue weighted by atomic mass is 9.88. The van der Waals surface area contributed by atoms with Crippen molar-refractivity contribution in [1.29, 1.82) is 0 Å². The smallest absolute Gasteiger partial charge is 0.416 e. The van der Waals surface area contributed by atoms with Gasteiger partial charge in [-0.3, -0.25) is 14.4 Å². The van der Waals surface area contributed by atoms with Crippen LogP contribution in [0.15, 0.2) is 65.1 Å². The first-order valence-corrected chi connectivity index (χ1v) is 10.3. The van der Waals surface area contributed by atoms with Crippen LogP contribution in [0.1, 0.15) is 28.4 Å². The van der Waals surface area contributed by atoms with Crippen LogP contribution in [0.3, 0.4) is 0 Å². The van der Waals surface area contributed by atoms with Crippen molar-refractivity contribution >= 4 is 23.2 Å². The number of allylic oxidation sites excluding steroid dienone is 2. The van der Waals surface area contributed by atoms with Crippen LogP contribution in [0.5, 0.6) is 5.75 Å². The summed E-state index contributed by atoms with van der Waals surface area (Å²) in [6.07, 6.45) is -4.55. The van der Waals surface area contributed by atoms with E-state index in [1.54, 1.807) is 0 Å². The molecule has 184 valence electrons. The van der Waals surface area contributed by atoms with Gasteiger partial charge < -0.3 is 19.5 Å². The van der Waals surface area contributed by atoms with Crippen molar-refractivity contribution in [2.45, 2.75) is 19.5 Å². The molecule has 0 atom stereocenters.